The van der Waals surface area contributed by atoms with Gasteiger partial charge < -0.3 is 0 Å². The summed E-state index contributed by atoms with van der Waals surface area (Å²) >= 11 is 0. The zero-order valence-corrected chi connectivity index (χ0v) is 8.57. The monoisotopic (exact) mass is 201 g/mol. The van der Waals surface area contributed by atoms with E-state index in [4.69, 9.17) is 0 Å². The van der Waals surface area contributed by atoms with E-state index >= 15 is 0 Å². The molecule has 7 heteroatoms. The van der Waals surface area contributed by atoms with Crippen molar-refractivity contribution in [3.8, 4) is 0 Å². The first-order valence-electron chi connectivity index (χ1n) is 4.47. The average Bonchev–Trinajstić information content (AvgIpc) is 2.24. The Morgan fingerprint density at radius 3 is 1.73 bits per heavy atom. The smallest absolute Gasteiger partial charge is 0.147 e. The normalized spacial score (nSPS) is 10.0. The summed E-state index contributed by atoms with van der Waals surface area (Å²) in [6.07, 6.45) is 6.55. The largest absolute Gasteiger partial charge is 0.434 e. The van der Waals surface area contributed by atoms with Gasteiger partial charge in [-0.05, 0) is 0 Å². The zero-order valence-electron chi connectivity index (χ0n) is 8.57. The predicted octanol–water partition coefficient (Wildman–Crippen LogP) is -3.43. The molecule has 0 aromatic carbocycles. The molecule has 73 valence electrons. The van der Waals surface area contributed by atoms with Gasteiger partial charge in [-0.25, -0.2) is 0 Å². The highest BCUT2D eigenvalue weighted by atomic mass is 15.3. The van der Waals surface area contributed by atoms with Crippen molar-refractivity contribution in [3.63, 3.8) is 0 Å². The molecule has 15 heavy (non-hydrogen) atoms. The van der Waals surface area contributed by atoms with Crippen LogP contribution in [-0.2, 0) is 14.1 Å². The summed E-state index contributed by atoms with van der Waals surface area (Å²) in [6.45, 7) is 0. The summed E-state index contributed by atoms with van der Waals surface area (Å²) in [5.41, 5.74) is 1.46. The summed E-state index contributed by atoms with van der Waals surface area (Å²) in [6, 6.07) is 0. The maximum absolute atomic E-state index is 4.18. The maximum atomic E-state index is 4.18. The lowest BCUT2D eigenvalue weighted by Gasteiger charge is -1.93. The molecule has 0 atom stereocenters. The molecule has 0 N–H and O–H groups in total. The summed E-state index contributed by atoms with van der Waals surface area (Å²) in [7, 11) is 5.48. The first-order chi connectivity index (χ1) is 7.27. The summed E-state index contributed by atoms with van der Waals surface area (Å²) < 4.78 is 3.35. The Morgan fingerprint density at radius 2 is 1.33 bits per heavy atom. The van der Waals surface area contributed by atoms with E-state index < -0.39 is 0 Å². The molecule has 2 aromatic heterocycles. The van der Waals surface area contributed by atoms with Gasteiger partial charge in [-0.15, -0.1) is 9.36 Å². The van der Waals surface area contributed by atoms with E-state index in [-0.39, 0.29) is 0 Å². The molecule has 0 fully saturated rings. The van der Waals surface area contributed by atoms with Gasteiger partial charge in [-0.1, -0.05) is 20.2 Å². The fourth-order valence-electron chi connectivity index (χ4n) is 1.14. The number of aryl methyl sites for hydroxylation is 2. The van der Waals surface area contributed by atoms with Crippen LogP contribution in [0.5, 0.6) is 0 Å². The third-order valence-corrected chi connectivity index (χ3v) is 1.95. The van der Waals surface area contributed by atoms with Crippen molar-refractivity contribution in [1.29, 1.82) is 0 Å². The molecule has 0 spiro atoms. The van der Waals surface area contributed by atoms with Crippen molar-refractivity contribution >= 4 is 18.7 Å². The van der Waals surface area contributed by atoms with Crippen molar-refractivity contribution < 1.29 is 9.36 Å². The summed E-state index contributed by atoms with van der Waals surface area (Å²) in [4.78, 5) is 8.36. The lowest BCUT2D eigenvalue weighted by Crippen LogP contribution is -2.63. The first-order valence-corrected chi connectivity index (χ1v) is 4.47. The topological polar surface area (TPSA) is 59.3 Å². The summed E-state index contributed by atoms with van der Waals surface area (Å²) in [5.74, 6) is 0. The van der Waals surface area contributed by atoms with E-state index in [1.165, 1.54) is 0 Å². The standard InChI is InChI=1S/C8H10BN6/c1-14-7(10-3-5-12-14)9-8-11-4-6-13-15(8)2/h3-6H,1-2H3/q+2. The van der Waals surface area contributed by atoms with Crippen LogP contribution < -0.4 is 20.8 Å². The van der Waals surface area contributed by atoms with E-state index in [0.717, 1.165) is 11.4 Å². The highest BCUT2D eigenvalue weighted by Gasteiger charge is 2.22. The highest BCUT2D eigenvalue weighted by molar-refractivity contribution is 6.62. The molecule has 0 aliphatic carbocycles. The number of rotatable bonds is 2. The van der Waals surface area contributed by atoms with Crippen molar-refractivity contribution in [3.05, 3.63) is 24.8 Å². The van der Waals surface area contributed by atoms with Crippen molar-refractivity contribution in [1.82, 2.24) is 20.2 Å². The molecule has 0 amide bonds. The number of aromatic nitrogens is 6. The molecule has 2 rings (SSSR count). The molecule has 0 bridgehead atoms. The predicted molar refractivity (Wildman–Crippen MR) is 51.4 cm³/mol. The lowest BCUT2D eigenvalue weighted by molar-refractivity contribution is -0.720. The first kappa shape index (κ1) is 9.63. The van der Waals surface area contributed by atoms with Crippen LogP contribution in [0, 0.1) is 0 Å². The second kappa shape index (κ2) is 4.08. The van der Waals surface area contributed by atoms with Crippen molar-refractivity contribution in [2.75, 3.05) is 0 Å². The van der Waals surface area contributed by atoms with Crippen LogP contribution in [0.3, 0.4) is 0 Å². The third-order valence-electron chi connectivity index (χ3n) is 1.95. The van der Waals surface area contributed by atoms with Gasteiger partial charge in [0.25, 0.3) is 11.4 Å². The Balaban J connectivity index is 2.30. The maximum Gasteiger partial charge on any atom is 0.434 e. The molecular weight excluding hydrogens is 191 g/mol. The Labute approximate surface area is 87.9 Å². The molecule has 6 nitrogen and oxygen atoms in total. The van der Waals surface area contributed by atoms with Crippen LogP contribution in [0.25, 0.3) is 0 Å². The third kappa shape index (κ3) is 2.12. The summed E-state index contributed by atoms with van der Waals surface area (Å²) in [5, 5.41) is 8.14. The van der Waals surface area contributed by atoms with Crippen LogP contribution in [0.2, 0.25) is 0 Å². The van der Waals surface area contributed by atoms with Gasteiger partial charge in [-0.3, -0.25) is 0 Å². The lowest BCUT2D eigenvalue weighted by atomic mass is 9.76. The zero-order chi connectivity index (χ0) is 10.7. The van der Waals surface area contributed by atoms with E-state index in [1.807, 2.05) is 21.4 Å². The molecule has 0 aliphatic heterocycles. The Kier molecular flexibility index (Phi) is 2.62. The van der Waals surface area contributed by atoms with Gasteiger partial charge in [0.15, 0.2) is 12.4 Å². The molecule has 0 saturated heterocycles. The molecule has 2 aromatic rings. The van der Waals surface area contributed by atoms with Crippen LogP contribution in [-0.4, -0.2) is 27.4 Å². The minimum Gasteiger partial charge on any atom is -0.147 e. The van der Waals surface area contributed by atoms with Crippen LogP contribution in [0.15, 0.2) is 24.8 Å². The van der Waals surface area contributed by atoms with Gasteiger partial charge in [0.1, 0.15) is 26.5 Å². The average molecular weight is 201 g/mol. The second-order valence-corrected chi connectivity index (χ2v) is 2.99. The molecule has 2 heterocycles. The Morgan fingerprint density at radius 1 is 0.867 bits per heavy atom. The van der Waals surface area contributed by atoms with Crippen molar-refractivity contribution in [2.24, 2.45) is 14.1 Å². The molecule has 0 aliphatic rings. The molecule has 0 unspecified atom stereocenters. The Bertz CT molecular complexity index is 431. The van der Waals surface area contributed by atoms with E-state index in [1.54, 1.807) is 34.2 Å². The quantitative estimate of drug-likeness (QED) is 0.375. The van der Waals surface area contributed by atoms with E-state index in [2.05, 4.69) is 20.2 Å². The fraction of sp³-hybridized carbons (Fsp3) is 0.250. The highest BCUT2D eigenvalue weighted by Crippen LogP contribution is 1.63. The molecule has 0 saturated carbocycles. The minimum atomic E-state index is 0.730. The number of hydrogen-bond acceptors (Lipinski definition) is 4. The number of hydrogen-bond donors (Lipinski definition) is 0. The van der Waals surface area contributed by atoms with E-state index in [9.17, 15) is 0 Å². The van der Waals surface area contributed by atoms with E-state index in [0.29, 0.717) is 0 Å². The van der Waals surface area contributed by atoms with Gasteiger partial charge in [-0.2, -0.15) is 0 Å². The second-order valence-electron chi connectivity index (χ2n) is 2.99. The van der Waals surface area contributed by atoms with Crippen LogP contribution >= 0.6 is 0 Å². The van der Waals surface area contributed by atoms with Gasteiger partial charge in [0.2, 0.25) is 0 Å². The van der Waals surface area contributed by atoms with Gasteiger partial charge >= 0.3 is 7.28 Å². The SMILES string of the molecule is C[n+]1nccnc1[B]c1nccn[n+]1C. The fourth-order valence-corrected chi connectivity index (χ4v) is 1.14. The van der Waals surface area contributed by atoms with Crippen LogP contribution in [0.1, 0.15) is 0 Å². The van der Waals surface area contributed by atoms with Gasteiger partial charge in [0, 0.05) is 0 Å². The van der Waals surface area contributed by atoms with Gasteiger partial charge in [0.05, 0.1) is 0 Å². The minimum absolute atomic E-state index is 0.730. The van der Waals surface area contributed by atoms with Crippen LogP contribution in [0.4, 0.5) is 0 Å². The number of nitrogens with zero attached hydrogens (tertiary/aromatic N) is 6. The molecule has 1 radical (unpaired) electrons. The molecular formula is C8H10BN6+2. The Hall–Kier alpha value is -1.92. The van der Waals surface area contributed by atoms with Crippen molar-refractivity contribution in [2.45, 2.75) is 0 Å².